The van der Waals surface area contributed by atoms with Gasteiger partial charge in [-0.25, -0.2) is 20.8 Å². The molecule has 0 aliphatic carbocycles. The van der Waals surface area contributed by atoms with Crippen LogP contribution in [0.15, 0.2) is 30.9 Å². The number of imidazole rings is 1. The Bertz CT molecular complexity index is 746. The van der Waals surface area contributed by atoms with Gasteiger partial charge in [-0.15, -0.1) is 0 Å². The van der Waals surface area contributed by atoms with Gasteiger partial charge in [0.2, 0.25) is 0 Å². The molecular weight excluding hydrogens is 240 g/mol. The van der Waals surface area contributed by atoms with E-state index in [1.807, 2.05) is 4.57 Å². The van der Waals surface area contributed by atoms with Gasteiger partial charge in [-0.2, -0.15) is 0 Å². The molecule has 0 fully saturated rings. The van der Waals surface area contributed by atoms with Crippen molar-refractivity contribution in [3.63, 3.8) is 0 Å². The minimum Gasteiger partial charge on any atom is -0.308 e. The van der Waals surface area contributed by atoms with Crippen molar-refractivity contribution in [2.45, 2.75) is 13.8 Å². The molecule has 1 aromatic carbocycles. The van der Waals surface area contributed by atoms with Crippen molar-refractivity contribution < 1.29 is 0 Å². The number of nitrogens with one attached hydrogen (secondary N) is 1. The molecule has 3 rings (SSSR count). The van der Waals surface area contributed by atoms with Gasteiger partial charge in [0.1, 0.15) is 24.3 Å². The number of hydrazine groups is 1. The molecule has 0 atom stereocenters. The standard InChI is InChI=1S/C13H14N6/c1-8-3-10-11(4-9(8)2)19(7-17-10)13-5-12(18-14)15-6-16-13/h3-7H,14H2,1-2H3,(H,15,16,18). The summed E-state index contributed by atoms with van der Waals surface area (Å²) in [6, 6.07) is 5.95. The quantitative estimate of drug-likeness (QED) is 0.537. The summed E-state index contributed by atoms with van der Waals surface area (Å²) < 4.78 is 1.92. The number of rotatable bonds is 2. The van der Waals surface area contributed by atoms with E-state index >= 15 is 0 Å². The molecule has 2 aromatic heterocycles. The maximum Gasteiger partial charge on any atom is 0.145 e. The van der Waals surface area contributed by atoms with Crippen LogP contribution in [0.4, 0.5) is 5.82 Å². The van der Waals surface area contributed by atoms with Crippen LogP contribution in [0.1, 0.15) is 11.1 Å². The first kappa shape index (κ1) is 11.6. The lowest BCUT2D eigenvalue weighted by molar-refractivity contribution is 0.992. The van der Waals surface area contributed by atoms with E-state index < -0.39 is 0 Å². The van der Waals surface area contributed by atoms with E-state index in [0.29, 0.717) is 5.82 Å². The molecule has 0 aliphatic heterocycles. The third-order valence-corrected chi connectivity index (χ3v) is 3.21. The van der Waals surface area contributed by atoms with Crippen molar-refractivity contribution in [2.75, 3.05) is 5.43 Å². The molecule has 3 N–H and O–H groups in total. The highest BCUT2D eigenvalue weighted by molar-refractivity contribution is 5.79. The van der Waals surface area contributed by atoms with E-state index in [2.05, 4.69) is 46.4 Å². The van der Waals surface area contributed by atoms with E-state index in [0.717, 1.165) is 16.9 Å². The van der Waals surface area contributed by atoms with Crippen LogP contribution in [0, 0.1) is 13.8 Å². The monoisotopic (exact) mass is 254 g/mol. The van der Waals surface area contributed by atoms with Gasteiger partial charge in [-0.05, 0) is 37.1 Å². The first-order chi connectivity index (χ1) is 9.19. The maximum atomic E-state index is 5.36. The van der Waals surface area contributed by atoms with Gasteiger partial charge in [-0.3, -0.25) is 4.57 Å². The van der Waals surface area contributed by atoms with Gasteiger partial charge >= 0.3 is 0 Å². The molecule has 96 valence electrons. The van der Waals surface area contributed by atoms with Gasteiger partial charge in [0, 0.05) is 6.07 Å². The van der Waals surface area contributed by atoms with E-state index in [-0.39, 0.29) is 0 Å². The summed E-state index contributed by atoms with van der Waals surface area (Å²) in [4.78, 5) is 12.7. The number of aryl methyl sites for hydroxylation is 2. The maximum absolute atomic E-state index is 5.36. The number of anilines is 1. The summed E-state index contributed by atoms with van der Waals surface area (Å²) in [5.74, 6) is 6.66. The molecular formula is C13H14N6. The second-order valence-electron chi connectivity index (χ2n) is 4.45. The molecule has 0 saturated heterocycles. The van der Waals surface area contributed by atoms with E-state index in [4.69, 9.17) is 5.84 Å². The smallest absolute Gasteiger partial charge is 0.145 e. The molecule has 0 aliphatic rings. The number of nitrogens with two attached hydrogens (primary N) is 1. The molecule has 2 heterocycles. The van der Waals surface area contributed by atoms with Crippen LogP contribution in [0.2, 0.25) is 0 Å². The molecule has 0 spiro atoms. The van der Waals surface area contributed by atoms with Crippen molar-refractivity contribution in [3.8, 4) is 5.82 Å². The summed E-state index contributed by atoms with van der Waals surface area (Å²) >= 11 is 0. The Morgan fingerprint density at radius 2 is 1.84 bits per heavy atom. The van der Waals surface area contributed by atoms with Crippen LogP contribution in [0.25, 0.3) is 16.9 Å². The fourth-order valence-electron chi connectivity index (χ4n) is 2.00. The Balaban J connectivity index is 2.22. The van der Waals surface area contributed by atoms with Crippen LogP contribution in [-0.4, -0.2) is 19.5 Å². The molecule has 0 bridgehead atoms. The van der Waals surface area contributed by atoms with Crippen LogP contribution in [0.3, 0.4) is 0 Å². The average molecular weight is 254 g/mol. The number of hydrogen-bond donors (Lipinski definition) is 2. The average Bonchev–Trinajstić information content (AvgIpc) is 2.82. The molecule has 3 aromatic rings. The Labute approximate surface area is 110 Å². The lowest BCUT2D eigenvalue weighted by atomic mass is 10.1. The Kier molecular flexibility index (Phi) is 2.64. The SMILES string of the molecule is Cc1cc2ncn(-c3cc(NN)ncn3)c2cc1C. The summed E-state index contributed by atoms with van der Waals surface area (Å²) in [6.45, 7) is 4.16. The summed E-state index contributed by atoms with van der Waals surface area (Å²) in [6.07, 6.45) is 3.23. The van der Waals surface area contributed by atoms with Crippen molar-refractivity contribution >= 4 is 16.9 Å². The third-order valence-electron chi connectivity index (χ3n) is 3.21. The second kappa shape index (κ2) is 4.33. The Hall–Kier alpha value is -2.47. The highest BCUT2D eigenvalue weighted by atomic mass is 15.3. The molecule has 6 heteroatoms. The lowest BCUT2D eigenvalue weighted by Crippen LogP contribution is -2.09. The van der Waals surface area contributed by atoms with Gasteiger partial charge in [0.25, 0.3) is 0 Å². The van der Waals surface area contributed by atoms with Crippen molar-refractivity contribution in [3.05, 3.63) is 42.0 Å². The predicted octanol–water partition coefficient (Wildman–Crippen LogP) is 1.72. The fourth-order valence-corrected chi connectivity index (χ4v) is 2.00. The first-order valence-corrected chi connectivity index (χ1v) is 5.92. The number of fused-ring (bicyclic) bond motifs is 1. The van der Waals surface area contributed by atoms with E-state index in [9.17, 15) is 0 Å². The van der Waals surface area contributed by atoms with E-state index in [1.54, 1.807) is 12.4 Å². The minimum atomic E-state index is 0.565. The summed E-state index contributed by atoms with van der Waals surface area (Å²) in [5.41, 5.74) is 6.93. The normalized spacial score (nSPS) is 10.9. The van der Waals surface area contributed by atoms with Gasteiger partial charge in [-0.1, -0.05) is 0 Å². The number of benzene rings is 1. The summed E-state index contributed by atoms with van der Waals surface area (Å²) in [5, 5.41) is 0. The van der Waals surface area contributed by atoms with E-state index in [1.165, 1.54) is 17.5 Å². The number of nitrogen functional groups attached to an aromatic ring is 1. The first-order valence-electron chi connectivity index (χ1n) is 5.92. The van der Waals surface area contributed by atoms with Crippen molar-refractivity contribution in [1.29, 1.82) is 0 Å². The second-order valence-corrected chi connectivity index (χ2v) is 4.45. The van der Waals surface area contributed by atoms with Crippen molar-refractivity contribution in [2.24, 2.45) is 5.84 Å². The largest absolute Gasteiger partial charge is 0.308 e. The predicted molar refractivity (Wildman–Crippen MR) is 73.9 cm³/mol. The number of nitrogens with zero attached hydrogens (tertiary/aromatic N) is 4. The van der Waals surface area contributed by atoms with Crippen LogP contribution >= 0.6 is 0 Å². The zero-order valence-corrected chi connectivity index (χ0v) is 10.8. The number of hydrogen-bond acceptors (Lipinski definition) is 5. The van der Waals surface area contributed by atoms with Crippen LogP contribution in [0.5, 0.6) is 0 Å². The highest BCUT2D eigenvalue weighted by Gasteiger charge is 2.08. The van der Waals surface area contributed by atoms with Gasteiger partial charge in [0.15, 0.2) is 0 Å². The molecule has 0 saturated carbocycles. The minimum absolute atomic E-state index is 0.565. The fraction of sp³-hybridized carbons (Fsp3) is 0.154. The molecule has 6 nitrogen and oxygen atoms in total. The molecule has 0 amide bonds. The highest BCUT2D eigenvalue weighted by Crippen LogP contribution is 2.21. The van der Waals surface area contributed by atoms with Gasteiger partial charge in [0.05, 0.1) is 11.0 Å². The zero-order valence-electron chi connectivity index (χ0n) is 10.8. The van der Waals surface area contributed by atoms with Gasteiger partial charge < -0.3 is 5.43 Å². The van der Waals surface area contributed by atoms with Crippen molar-refractivity contribution in [1.82, 2.24) is 19.5 Å². The molecule has 0 unspecified atom stereocenters. The third kappa shape index (κ3) is 1.92. The number of aromatic nitrogens is 4. The lowest BCUT2D eigenvalue weighted by Gasteiger charge is -2.06. The zero-order chi connectivity index (χ0) is 13.4. The van der Waals surface area contributed by atoms with Crippen LogP contribution < -0.4 is 11.3 Å². The Morgan fingerprint density at radius 3 is 2.63 bits per heavy atom. The molecule has 0 radical (unpaired) electrons. The topological polar surface area (TPSA) is 81.7 Å². The summed E-state index contributed by atoms with van der Waals surface area (Å²) in [7, 11) is 0. The molecule has 19 heavy (non-hydrogen) atoms. The Morgan fingerprint density at radius 1 is 1.05 bits per heavy atom. The van der Waals surface area contributed by atoms with Crippen LogP contribution in [-0.2, 0) is 0 Å².